The minimum absolute atomic E-state index is 0.725. The molecule has 0 radical (unpaired) electrons. The smallest absolute Gasteiger partial charge is 0.162 e. The third kappa shape index (κ3) is 1.57. The SMILES string of the molecule is Cc1cc(=S)n2[nH]cc(-c3cnn(C)c3)c2n1. The number of hydrogen-bond acceptors (Lipinski definition) is 3. The van der Waals surface area contributed by atoms with Crippen molar-refractivity contribution in [2.24, 2.45) is 7.05 Å². The standard InChI is InChI=1S/C11H11N5S/c1-7-3-10(17)16-11(14-7)9(5-13-16)8-4-12-15(2)6-8/h3-6,13H,1-2H3. The lowest BCUT2D eigenvalue weighted by Crippen LogP contribution is -1.93. The topological polar surface area (TPSA) is 50.9 Å². The van der Waals surface area contributed by atoms with Gasteiger partial charge in [-0.05, 0) is 13.0 Å². The fourth-order valence-corrected chi connectivity index (χ4v) is 2.18. The van der Waals surface area contributed by atoms with Crippen molar-refractivity contribution in [3.05, 3.63) is 35.0 Å². The first-order valence-electron chi connectivity index (χ1n) is 5.22. The van der Waals surface area contributed by atoms with Gasteiger partial charge in [0.05, 0.1) is 6.20 Å². The molecule has 0 saturated heterocycles. The number of nitrogens with one attached hydrogen (secondary N) is 1. The van der Waals surface area contributed by atoms with Gasteiger partial charge in [-0.2, -0.15) is 5.10 Å². The van der Waals surface area contributed by atoms with E-state index in [9.17, 15) is 0 Å². The molecule has 5 nitrogen and oxygen atoms in total. The van der Waals surface area contributed by atoms with Crippen molar-refractivity contribution in [2.45, 2.75) is 6.92 Å². The van der Waals surface area contributed by atoms with Crippen LogP contribution >= 0.6 is 12.2 Å². The Morgan fingerprint density at radius 2 is 2.24 bits per heavy atom. The number of fused-ring (bicyclic) bond motifs is 1. The Hall–Kier alpha value is -1.95. The second-order valence-corrected chi connectivity index (χ2v) is 4.40. The molecule has 0 unspecified atom stereocenters. The summed E-state index contributed by atoms with van der Waals surface area (Å²) in [4.78, 5) is 4.51. The third-order valence-electron chi connectivity index (χ3n) is 2.64. The fraction of sp³-hybridized carbons (Fsp3) is 0.182. The number of aryl methyl sites for hydroxylation is 2. The zero-order valence-corrected chi connectivity index (χ0v) is 10.3. The highest BCUT2D eigenvalue weighted by molar-refractivity contribution is 7.71. The van der Waals surface area contributed by atoms with Crippen molar-refractivity contribution >= 4 is 17.9 Å². The zero-order chi connectivity index (χ0) is 12.0. The van der Waals surface area contributed by atoms with Crippen LogP contribution in [0.2, 0.25) is 0 Å². The first kappa shape index (κ1) is 10.2. The fourth-order valence-electron chi connectivity index (χ4n) is 1.87. The first-order valence-corrected chi connectivity index (χ1v) is 5.63. The van der Waals surface area contributed by atoms with E-state index in [4.69, 9.17) is 12.2 Å². The van der Waals surface area contributed by atoms with Crippen LogP contribution in [0.3, 0.4) is 0 Å². The van der Waals surface area contributed by atoms with Crippen molar-refractivity contribution in [3.8, 4) is 11.1 Å². The molecule has 0 bridgehead atoms. The maximum atomic E-state index is 5.28. The second-order valence-electron chi connectivity index (χ2n) is 3.98. The molecule has 0 aliphatic heterocycles. The summed E-state index contributed by atoms with van der Waals surface area (Å²) >= 11 is 5.28. The van der Waals surface area contributed by atoms with Gasteiger partial charge in [0, 0.05) is 36.3 Å². The summed E-state index contributed by atoms with van der Waals surface area (Å²) in [7, 11) is 1.89. The van der Waals surface area contributed by atoms with Crippen LogP contribution in [0, 0.1) is 11.6 Å². The van der Waals surface area contributed by atoms with Gasteiger partial charge in [-0.1, -0.05) is 12.2 Å². The molecule has 0 fully saturated rings. The molecule has 3 aromatic rings. The maximum Gasteiger partial charge on any atom is 0.162 e. The molecule has 0 aromatic carbocycles. The summed E-state index contributed by atoms with van der Waals surface area (Å²) in [5.41, 5.74) is 3.79. The molecule has 1 N–H and O–H groups in total. The van der Waals surface area contributed by atoms with E-state index in [2.05, 4.69) is 15.2 Å². The predicted octanol–water partition coefficient (Wildman–Crippen LogP) is 2.10. The summed E-state index contributed by atoms with van der Waals surface area (Å²) in [5, 5.41) is 7.27. The van der Waals surface area contributed by atoms with Gasteiger partial charge in [0.15, 0.2) is 5.65 Å². The molecule has 0 saturated carbocycles. The van der Waals surface area contributed by atoms with E-state index in [1.165, 1.54) is 0 Å². The molecule has 3 rings (SSSR count). The van der Waals surface area contributed by atoms with E-state index in [0.29, 0.717) is 0 Å². The molecule has 3 heterocycles. The van der Waals surface area contributed by atoms with Gasteiger partial charge in [0.1, 0.15) is 4.64 Å². The highest BCUT2D eigenvalue weighted by atomic mass is 32.1. The number of nitrogens with zero attached hydrogens (tertiary/aromatic N) is 4. The van der Waals surface area contributed by atoms with E-state index in [-0.39, 0.29) is 0 Å². The minimum atomic E-state index is 0.725. The quantitative estimate of drug-likeness (QED) is 0.668. The predicted molar refractivity (Wildman–Crippen MR) is 67.3 cm³/mol. The lowest BCUT2D eigenvalue weighted by atomic mass is 10.2. The highest BCUT2D eigenvalue weighted by Crippen LogP contribution is 2.22. The molecule has 86 valence electrons. The first-order chi connectivity index (χ1) is 8.15. The minimum Gasteiger partial charge on any atom is -0.298 e. The van der Waals surface area contributed by atoms with E-state index < -0.39 is 0 Å². The lowest BCUT2D eigenvalue weighted by Gasteiger charge is -1.97. The van der Waals surface area contributed by atoms with Crippen molar-refractivity contribution in [2.75, 3.05) is 0 Å². The summed E-state index contributed by atoms with van der Waals surface area (Å²) in [5.74, 6) is 0. The summed E-state index contributed by atoms with van der Waals surface area (Å²) < 4.78 is 4.29. The van der Waals surface area contributed by atoms with Crippen LogP contribution in [-0.4, -0.2) is 24.4 Å². The van der Waals surface area contributed by atoms with Crippen molar-refractivity contribution in [3.63, 3.8) is 0 Å². The third-order valence-corrected chi connectivity index (χ3v) is 2.94. The Kier molecular flexibility index (Phi) is 2.12. The van der Waals surface area contributed by atoms with Crippen molar-refractivity contribution < 1.29 is 0 Å². The molecular weight excluding hydrogens is 234 g/mol. The maximum absolute atomic E-state index is 5.28. The van der Waals surface area contributed by atoms with E-state index >= 15 is 0 Å². The van der Waals surface area contributed by atoms with Gasteiger partial charge < -0.3 is 0 Å². The Morgan fingerprint density at radius 1 is 1.41 bits per heavy atom. The number of H-pyrrole nitrogens is 1. The highest BCUT2D eigenvalue weighted by Gasteiger charge is 2.09. The average molecular weight is 245 g/mol. The van der Waals surface area contributed by atoms with Crippen LogP contribution in [-0.2, 0) is 7.05 Å². The van der Waals surface area contributed by atoms with E-state index in [0.717, 1.165) is 27.1 Å². The molecule has 0 amide bonds. The summed E-state index contributed by atoms with van der Waals surface area (Å²) in [6.45, 7) is 1.94. The Labute approximate surface area is 103 Å². The van der Waals surface area contributed by atoms with Gasteiger partial charge in [-0.25, -0.2) is 9.50 Å². The van der Waals surface area contributed by atoms with E-state index in [1.807, 2.05) is 38.6 Å². The number of aromatic amines is 1. The van der Waals surface area contributed by atoms with Crippen molar-refractivity contribution in [1.82, 2.24) is 24.4 Å². The number of rotatable bonds is 1. The molecule has 0 spiro atoms. The largest absolute Gasteiger partial charge is 0.298 e. The number of aromatic nitrogens is 5. The second kappa shape index (κ2) is 3.53. The normalized spacial score (nSPS) is 11.2. The molecule has 6 heteroatoms. The Balaban J connectivity index is 2.35. The molecule has 0 aliphatic rings. The van der Waals surface area contributed by atoms with E-state index in [1.54, 1.807) is 9.20 Å². The van der Waals surface area contributed by atoms with Crippen LogP contribution in [0.25, 0.3) is 16.8 Å². The molecular formula is C11H11N5S. The summed E-state index contributed by atoms with van der Waals surface area (Å²) in [6.07, 6.45) is 5.67. The van der Waals surface area contributed by atoms with Crippen LogP contribution < -0.4 is 0 Å². The zero-order valence-electron chi connectivity index (χ0n) is 9.51. The summed E-state index contributed by atoms with van der Waals surface area (Å²) in [6, 6.07) is 1.87. The monoisotopic (exact) mass is 245 g/mol. The molecule has 0 aliphatic carbocycles. The van der Waals surface area contributed by atoms with Crippen LogP contribution in [0.15, 0.2) is 24.7 Å². The van der Waals surface area contributed by atoms with Crippen LogP contribution in [0.5, 0.6) is 0 Å². The molecule has 17 heavy (non-hydrogen) atoms. The van der Waals surface area contributed by atoms with Crippen LogP contribution in [0.4, 0.5) is 0 Å². The van der Waals surface area contributed by atoms with Gasteiger partial charge in [-0.15, -0.1) is 0 Å². The molecule has 0 atom stereocenters. The number of hydrogen-bond donors (Lipinski definition) is 1. The van der Waals surface area contributed by atoms with Gasteiger partial charge >= 0.3 is 0 Å². The lowest BCUT2D eigenvalue weighted by molar-refractivity contribution is 0.768. The van der Waals surface area contributed by atoms with Gasteiger partial charge in [0.25, 0.3) is 0 Å². The average Bonchev–Trinajstić information content (AvgIpc) is 2.83. The Morgan fingerprint density at radius 3 is 2.94 bits per heavy atom. The Bertz CT molecular complexity index is 749. The van der Waals surface area contributed by atoms with Gasteiger partial charge in [0.2, 0.25) is 0 Å². The van der Waals surface area contributed by atoms with Crippen LogP contribution in [0.1, 0.15) is 5.69 Å². The van der Waals surface area contributed by atoms with Gasteiger partial charge in [-0.3, -0.25) is 9.78 Å². The van der Waals surface area contributed by atoms with Crippen molar-refractivity contribution in [1.29, 1.82) is 0 Å². The molecule has 3 aromatic heterocycles.